The first-order valence-corrected chi connectivity index (χ1v) is 7.64. The number of rotatable bonds is 4. The predicted octanol–water partition coefficient (Wildman–Crippen LogP) is 2.03. The molecule has 0 amide bonds. The van der Waals surface area contributed by atoms with E-state index in [0.717, 1.165) is 5.56 Å². The second-order valence-electron chi connectivity index (χ2n) is 5.89. The van der Waals surface area contributed by atoms with E-state index < -0.39 is 18.3 Å². The quantitative estimate of drug-likeness (QED) is 0.640. The summed E-state index contributed by atoms with van der Waals surface area (Å²) < 4.78 is 11.3. The summed E-state index contributed by atoms with van der Waals surface area (Å²) in [5, 5.41) is 39.0. The first kappa shape index (κ1) is 16.6. The van der Waals surface area contributed by atoms with Gasteiger partial charge in [-0.15, -0.1) is 0 Å². The molecule has 2 aromatic rings. The average Bonchev–Trinajstić information content (AvgIpc) is 2.94. The smallest absolute Gasteiger partial charge is 0.157 e. The molecule has 0 bridgehead atoms. The van der Waals surface area contributed by atoms with Gasteiger partial charge in [0, 0.05) is 13.0 Å². The number of hydrogen-bond donors (Lipinski definition) is 4. The van der Waals surface area contributed by atoms with Gasteiger partial charge in [0.1, 0.15) is 11.9 Å². The van der Waals surface area contributed by atoms with Gasteiger partial charge in [0.05, 0.1) is 18.8 Å². The van der Waals surface area contributed by atoms with Crippen LogP contribution in [0.15, 0.2) is 42.5 Å². The fraction of sp³-hybridized carbons (Fsp3) is 0.333. The Labute approximate surface area is 139 Å². The largest absolute Gasteiger partial charge is 0.508 e. The molecule has 4 atom stereocenters. The van der Waals surface area contributed by atoms with Crippen molar-refractivity contribution in [1.29, 1.82) is 0 Å². The minimum atomic E-state index is -0.706. The van der Waals surface area contributed by atoms with Crippen molar-refractivity contribution in [2.24, 2.45) is 0 Å². The fourth-order valence-corrected chi connectivity index (χ4v) is 3.20. The van der Waals surface area contributed by atoms with Gasteiger partial charge in [-0.1, -0.05) is 18.2 Å². The summed E-state index contributed by atoms with van der Waals surface area (Å²) >= 11 is 0. The van der Waals surface area contributed by atoms with Crippen LogP contribution in [-0.2, 0) is 9.47 Å². The van der Waals surface area contributed by atoms with Gasteiger partial charge in [0.2, 0.25) is 0 Å². The van der Waals surface area contributed by atoms with Crippen LogP contribution in [-0.4, -0.2) is 46.4 Å². The Kier molecular flexibility index (Phi) is 4.62. The van der Waals surface area contributed by atoms with E-state index >= 15 is 0 Å². The van der Waals surface area contributed by atoms with E-state index in [4.69, 9.17) is 9.47 Å². The van der Waals surface area contributed by atoms with Crippen molar-refractivity contribution in [3.63, 3.8) is 0 Å². The van der Waals surface area contributed by atoms with Crippen LogP contribution in [0.5, 0.6) is 17.2 Å². The first-order chi connectivity index (χ1) is 11.5. The molecule has 1 unspecified atom stereocenters. The van der Waals surface area contributed by atoms with Crippen molar-refractivity contribution >= 4 is 0 Å². The highest BCUT2D eigenvalue weighted by Crippen LogP contribution is 2.41. The molecule has 1 heterocycles. The Bertz CT molecular complexity index is 699. The van der Waals surface area contributed by atoms with Crippen LogP contribution in [0, 0.1) is 0 Å². The number of phenols is 3. The Morgan fingerprint density at radius 3 is 2.38 bits per heavy atom. The van der Waals surface area contributed by atoms with Crippen LogP contribution in [0.3, 0.4) is 0 Å². The molecule has 1 fully saturated rings. The van der Waals surface area contributed by atoms with Crippen LogP contribution in [0.25, 0.3) is 0 Å². The maximum absolute atomic E-state index is 10.3. The van der Waals surface area contributed by atoms with E-state index in [1.165, 1.54) is 19.2 Å². The first-order valence-electron chi connectivity index (χ1n) is 7.64. The van der Waals surface area contributed by atoms with Crippen molar-refractivity contribution in [2.45, 2.75) is 24.2 Å². The molecule has 0 radical (unpaired) electrons. The molecule has 1 aliphatic heterocycles. The second-order valence-corrected chi connectivity index (χ2v) is 5.89. The lowest BCUT2D eigenvalue weighted by atomic mass is 9.86. The lowest BCUT2D eigenvalue weighted by molar-refractivity contribution is -0.0346. The standard InChI is InChI=1S/C18H20O6/c1-23-17(11-4-7-13(20)14(21)8-11)18-16(15(22)9-24-18)10-2-5-12(19)6-3-10/h2-8,15-22H,9H2,1H3/t15-,16-,17?,18-/m1/s1. The van der Waals surface area contributed by atoms with E-state index in [-0.39, 0.29) is 29.8 Å². The SMILES string of the molecule is COC(c1ccc(O)c(O)c1)[C@@H]1OC[C@@H](O)[C@H]1c1ccc(O)cc1. The maximum Gasteiger partial charge on any atom is 0.157 e. The van der Waals surface area contributed by atoms with E-state index in [9.17, 15) is 20.4 Å². The molecule has 3 rings (SSSR count). The zero-order valence-electron chi connectivity index (χ0n) is 13.2. The molecule has 0 spiro atoms. The Hall–Kier alpha value is -2.28. The molecule has 0 aromatic heterocycles. The summed E-state index contributed by atoms with van der Waals surface area (Å²) in [7, 11) is 1.52. The zero-order valence-corrected chi connectivity index (χ0v) is 13.2. The summed E-state index contributed by atoms with van der Waals surface area (Å²) in [6.45, 7) is 0.167. The summed E-state index contributed by atoms with van der Waals surface area (Å²) in [4.78, 5) is 0. The van der Waals surface area contributed by atoms with E-state index in [1.807, 2.05) is 0 Å². The van der Waals surface area contributed by atoms with Gasteiger partial charge >= 0.3 is 0 Å². The number of methoxy groups -OCH3 is 1. The highest BCUT2D eigenvalue weighted by molar-refractivity contribution is 5.42. The number of aliphatic hydroxyl groups is 1. The van der Waals surface area contributed by atoms with E-state index in [0.29, 0.717) is 5.56 Å². The number of hydrogen-bond acceptors (Lipinski definition) is 6. The minimum Gasteiger partial charge on any atom is -0.508 e. The van der Waals surface area contributed by atoms with Crippen molar-refractivity contribution < 1.29 is 29.9 Å². The molecule has 0 aliphatic carbocycles. The lowest BCUT2D eigenvalue weighted by Gasteiger charge is -2.28. The van der Waals surface area contributed by atoms with Gasteiger partial charge < -0.3 is 29.9 Å². The Morgan fingerprint density at radius 2 is 1.75 bits per heavy atom. The number of aromatic hydroxyl groups is 3. The Balaban J connectivity index is 1.94. The van der Waals surface area contributed by atoms with Crippen LogP contribution in [0.2, 0.25) is 0 Å². The molecule has 6 heteroatoms. The third-order valence-electron chi connectivity index (χ3n) is 4.39. The minimum absolute atomic E-state index is 0.149. The highest BCUT2D eigenvalue weighted by Gasteiger charge is 2.42. The molecule has 1 saturated heterocycles. The van der Waals surface area contributed by atoms with E-state index in [1.54, 1.807) is 30.3 Å². The average molecular weight is 332 g/mol. The zero-order chi connectivity index (χ0) is 17.3. The maximum atomic E-state index is 10.3. The molecular formula is C18H20O6. The van der Waals surface area contributed by atoms with Crippen LogP contribution in [0.1, 0.15) is 23.1 Å². The predicted molar refractivity (Wildman–Crippen MR) is 86.1 cm³/mol. The van der Waals surface area contributed by atoms with Gasteiger partial charge in [-0.3, -0.25) is 0 Å². The second kappa shape index (κ2) is 6.68. The molecule has 0 saturated carbocycles. The molecule has 24 heavy (non-hydrogen) atoms. The fourth-order valence-electron chi connectivity index (χ4n) is 3.20. The highest BCUT2D eigenvalue weighted by atomic mass is 16.5. The van der Waals surface area contributed by atoms with Crippen molar-refractivity contribution in [3.8, 4) is 17.2 Å². The summed E-state index contributed by atoms with van der Waals surface area (Å²) in [6.07, 6.45) is -1.71. The summed E-state index contributed by atoms with van der Waals surface area (Å²) in [5.41, 5.74) is 1.46. The molecule has 4 N–H and O–H groups in total. The van der Waals surface area contributed by atoms with Crippen LogP contribution >= 0.6 is 0 Å². The summed E-state index contributed by atoms with van der Waals surface area (Å²) in [5.74, 6) is -0.646. The van der Waals surface area contributed by atoms with Crippen LogP contribution < -0.4 is 0 Å². The molecule has 2 aromatic carbocycles. The number of benzene rings is 2. The topological polar surface area (TPSA) is 99.4 Å². The van der Waals surface area contributed by atoms with Gasteiger partial charge in [-0.2, -0.15) is 0 Å². The third kappa shape index (κ3) is 3.03. The lowest BCUT2D eigenvalue weighted by Crippen LogP contribution is -2.28. The molecule has 6 nitrogen and oxygen atoms in total. The van der Waals surface area contributed by atoms with Crippen molar-refractivity contribution in [3.05, 3.63) is 53.6 Å². The molecule has 128 valence electrons. The van der Waals surface area contributed by atoms with Gasteiger partial charge in [-0.25, -0.2) is 0 Å². The number of aliphatic hydroxyl groups excluding tert-OH is 1. The summed E-state index contributed by atoms with van der Waals surface area (Å²) in [6, 6.07) is 11.1. The van der Waals surface area contributed by atoms with E-state index in [2.05, 4.69) is 0 Å². The normalized spacial score (nSPS) is 24.8. The number of ether oxygens (including phenoxy) is 2. The number of phenolic OH excluding ortho intramolecular Hbond substituents is 3. The molecular weight excluding hydrogens is 312 g/mol. The molecule has 1 aliphatic rings. The monoisotopic (exact) mass is 332 g/mol. The van der Waals surface area contributed by atoms with Gasteiger partial charge in [0.25, 0.3) is 0 Å². The van der Waals surface area contributed by atoms with Crippen LogP contribution in [0.4, 0.5) is 0 Å². The third-order valence-corrected chi connectivity index (χ3v) is 4.39. The van der Waals surface area contributed by atoms with Gasteiger partial charge in [0.15, 0.2) is 11.5 Å². The van der Waals surface area contributed by atoms with Crippen molar-refractivity contribution in [1.82, 2.24) is 0 Å². The van der Waals surface area contributed by atoms with Crippen molar-refractivity contribution in [2.75, 3.05) is 13.7 Å². The Morgan fingerprint density at radius 1 is 1.04 bits per heavy atom. The van der Waals surface area contributed by atoms with Gasteiger partial charge in [-0.05, 0) is 35.4 Å².